The van der Waals surface area contributed by atoms with Crippen LogP contribution in [0.2, 0.25) is 0 Å². The van der Waals surface area contributed by atoms with Gasteiger partial charge in [0.25, 0.3) is 0 Å². The van der Waals surface area contributed by atoms with Crippen LogP contribution in [0.5, 0.6) is 0 Å². The predicted octanol–water partition coefficient (Wildman–Crippen LogP) is 1.76. The second-order valence-electron chi connectivity index (χ2n) is 6.44. The van der Waals surface area contributed by atoms with Crippen LogP contribution in [0.25, 0.3) is 0 Å². The number of nitrogens with zero attached hydrogens (tertiary/aromatic N) is 2. The van der Waals surface area contributed by atoms with E-state index in [4.69, 9.17) is 5.11 Å². The molecule has 1 aliphatic rings. The highest BCUT2D eigenvalue weighted by Gasteiger charge is 2.30. The van der Waals surface area contributed by atoms with Gasteiger partial charge < -0.3 is 10.0 Å². The summed E-state index contributed by atoms with van der Waals surface area (Å²) in [5.74, 6) is 1.26. The summed E-state index contributed by atoms with van der Waals surface area (Å²) in [5, 5.41) is 8.76. The highest BCUT2D eigenvalue weighted by molar-refractivity contribution is 7.99. The van der Waals surface area contributed by atoms with E-state index in [0.717, 1.165) is 12.0 Å². The second-order valence-corrected chi connectivity index (χ2v) is 9.48. The quantitative estimate of drug-likeness (QED) is 0.673. The number of rotatable bonds is 8. The number of aliphatic hydroxyl groups excluding tert-OH is 1. The predicted molar refractivity (Wildman–Crippen MR) is 105 cm³/mol. The molecule has 0 saturated carbocycles. The van der Waals surface area contributed by atoms with Gasteiger partial charge in [-0.15, -0.1) is 11.8 Å². The topological polar surface area (TPSA) is 77.9 Å². The number of piperazine rings is 1. The average molecular weight is 401 g/mol. The maximum absolute atomic E-state index is 12.8. The molecule has 1 N–H and O–H groups in total. The van der Waals surface area contributed by atoms with E-state index in [2.05, 4.69) is 13.8 Å². The summed E-state index contributed by atoms with van der Waals surface area (Å²) in [6.45, 7) is 5.72. The lowest BCUT2D eigenvalue weighted by atomic mass is 9.99. The van der Waals surface area contributed by atoms with Crippen LogP contribution in [0.4, 0.5) is 0 Å². The lowest BCUT2D eigenvalue weighted by molar-refractivity contribution is -0.129. The van der Waals surface area contributed by atoms with Gasteiger partial charge in [-0.3, -0.25) is 4.79 Å². The third-order valence-corrected chi connectivity index (χ3v) is 7.59. The van der Waals surface area contributed by atoms with E-state index in [-0.39, 0.29) is 12.5 Å². The molecule has 2 rings (SSSR count). The molecule has 0 aromatic heterocycles. The molecular formula is C18H28N2O4S2. The summed E-state index contributed by atoms with van der Waals surface area (Å²) in [7, 11) is -3.52. The van der Waals surface area contributed by atoms with Crippen LogP contribution in [0.15, 0.2) is 29.2 Å². The molecule has 0 bridgehead atoms. The van der Waals surface area contributed by atoms with E-state index in [0.29, 0.717) is 48.5 Å². The van der Waals surface area contributed by atoms with Crippen molar-refractivity contribution in [3.05, 3.63) is 29.8 Å². The van der Waals surface area contributed by atoms with Gasteiger partial charge in [-0.2, -0.15) is 4.31 Å². The van der Waals surface area contributed by atoms with Crippen LogP contribution in [0, 0.1) is 0 Å². The van der Waals surface area contributed by atoms with Crippen molar-refractivity contribution >= 4 is 27.7 Å². The molecule has 1 amide bonds. The van der Waals surface area contributed by atoms with Gasteiger partial charge in [-0.1, -0.05) is 26.0 Å². The molecule has 0 unspecified atom stereocenters. The van der Waals surface area contributed by atoms with Crippen molar-refractivity contribution in [2.45, 2.75) is 31.1 Å². The van der Waals surface area contributed by atoms with E-state index in [9.17, 15) is 13.2 Å². The van der Waals surface area contributed by atoms with E-state index in [1.165, 1.54) is 16.1 Å². The van der Waals surface area contributed by atoms with E-state index in [1.54, 1.807) is 17.0 Å². The van der Waals surface area contributed by atoms with Gasteiger partial charge in [-0.25, -0.2) is 8.42 Å². The lowest BCUT2D eigenvalue weighted by Crippen LogP contribution is -2.51. The molecule has 1 aromatic rings. The van der Waals surface area contributed by atoms with Crippen LogP contribution in [0.1, 0.15) is 31.7 Å². The number of hydrogen-bond acceptors (Lipinski definition) is 5. The summed E-state index contributed by atoms with van der Waals surface area (Å²) >= 11 is 1.39. The Hall–Kier alpha value is -1.09. The molecule has 1 saturated heterocycles. The van der Waals surface area contributed by atoms with Crippen molar-refractivity contribution in [3.63, 3.8) is 0 Å². The fraction of sp³-hybridized carbons (Fsp3) is 0.611. The summed E-state index contributed by atoms with van der Waals surface area (Å²) < 4.78 is 27.1. The Morgan fingerprint density at radius 1 is 1.19 bits per heavy atom. The van der Waals surface area contributed by atoms with Crippen LogP contribution in [0.3, 0.4) is 0 Å². The van der Waals surface area contributed by atoms with Crippen LogP contribution in [-0.2, 0) is 14.8 Å². The Bertz CT molecular complexity index is 684. The molecule has 26 heavy (non-hydrogen) atoms. The average Bonchev–Trinajstić information content (AvgIpc) is 2.67. The van der Waals surface area contributed by atoms with Crippen molar-refractivity contribution in [1.29, 1.82) is 0 Å². The van der Waals surface area contributed by atoms with E-state index < -0.39 is 10.0 Å². The molecule has 1 heterocycles. The largest absolute Gasteiger partial charge is 0.396 e. The lowest BCUT2D eigenvalue weighted by Gasteiger charge is -2.34. The Labute approximate surface area is 160 Å². The highest BCUT2D eigenvalue weighted by Crippen LogP contribution is 2.23. The molecule has 1 fully saturated rings. The number of carbonyl (C=O) groups excluding carboxylic acids is 1. The number of aliphatic hydroxyl groups is 1. The van der Waals surface area contributed by atoms with Crippen LogP contribution in [-0.4, -0.2) is 72.9 Å². The maximum atomic E-state index is 12.8. The molecule has 6 nitrogen and oxygen atoms in total. The number of amides is 1. The third-order valence-electron chi connectivity index (χ3n) is 4.75. The van der Waals surface area contributed by atoms with Gasteiger partial charge in [0.15, 0.2) is 0 Å². The number of benzene rings is 1. The van der Waals surface area contributed by atoms with Crippen molar-refractivity contribution < 1.29 is 18.3 Å². The Morgan fingerprint density at radius 3 is 2.35 bits per heavy atom. The zero-order valence-corrected chi connectivity index (χ0v) is 17.1. The van der Waals surface area contributed by atoms with Gasteiger partial charge in [0, 0.05) is 31.9 Å². The number of thioether (sulfide) groups is 1. The minimum atomic E-state index is -3.52. The fourth-order valence-corrected chi connectivity index (χ4v) is 4.90. The first kappa shape index (κ1) is 21.2. The van der Waals surface area contributed by atoms with Crippen LogP contribution >= 0.6 is 11.8 Å². The zero-order valence-electron chi connectivity index (χ0n) is 15.4. The van der Waals surface area contributed by atoms with Gasteiger partial charge >= 0.3 is 0 Å². The minimum Gasteiger partial charge on any atom is -0.396 e. The van der Waals surface area contributed by atoms with Gasteiger partial charge in [0.05, 0.1) is 17.3 Å². The number of sulfonamides is 1. The number of carbonyl (C=O) groups is 1. The Kier molecular flexibility index (Phi) is 7.94. The van der Waals surface area contributed by atoms with Crippen molar-refractivity contribution in [1.82, 2.24) is 9.21 Å². The van der Waals surface area contributed by atoms with E-state index in [1.807, 2.05) is 12.1 Å². The molecule has 1 aromatic carbocycles. The minimum absolute atomic E-state index is 0.00148. The highest BCUT2D eigenvalue weighted by atomic mass is 32.2. The first-order chi connectivity index (χ1) is 12.4. The molecular weight excluding hydrogens is 372 g/mol. The Balaban J connectivity index is 1.96. The normalized spacial score (nSPS) is 17.3. The summed E-state index contributed by atoms with van der Waals surface area (Å²) in [6, 6.07) is 7.14. The molecule has 1 atom stereocenters. The molecule has 146 valence electrons. The van der Waals surface area contributed by atoms with Gasteiger partial charge in [-0.05, 0) is 30.0 Å². The third kappa shape index (κ3) is 5.22. The SMILES string of the molecule is CC[C@H](C)c1ccc(S(=O)(=O)N2CCN(C(=O)CSCCO)CC2)cc1. The first-order valence-electron chi connectivity index (χ1n) is 8.96. The summed E-state index contributed by atoms with van der Waals surface area (Å²) in [6.07, 6.45) is 1.01. The first-order valence-corrected chi connectivity index (χ1v) is 11.6. The molecule has 1 aliphatic heterocycles. The second kappa shape index (κ2) is 9.73. The molecule has 0 spiro atoms. The van der Waals surface area contributed by atoms with Crippen LogP contribution < -0.4 is 0 Å². The van der Waals surface area contributed by atoms with Gasteiger partial charge in [0.1, 0.15) is 0 Å². The van der Waals surface area contributed by atoms with Crippen molar-refractivity contribution in [2.24, 2.45) is 0 Å². The Morgan fingerprint density at radius 2 is 1.81 bits per heavy atom. The van der Waals surface area contributed by atoms with Gasteiger partial charge in [0.2, 0.25) is 15.9 Å². The monoisotopic (exact) mass is 400 g/mol. The zero-order chi connectivity index (χ0) is 19.2. The van der Waals surface area contributed by atoms with Crippen molar-refractivity contribution in [3.8, 4) is 0 Å². The summed E-state index contributed by atoms with van der Waals surface area (Å²) in [4.78, 5) is 14.1. The van der Waals surface area contributed by atoms with Crippen molar-refractivity contribution in [2.75, 3.05) is 44.3 Å². The number of hydrogen-bond donors (Lipinski definition) is 1. The molecule has 0 radical (unpaired) electrons. The smallest absolute Gasteiger partial charge is 0.243 e. The molecule has 0 aliphatic carbocycles. The maximum Gasteiger partial charge on any atom is 0.243 e. The molecule has 8 heteroatoms. The summed E-state index contributed by atoms with van der Waals surface area (Å²) in [5.41, 5.74) is 1.14. The standard InChI is InChI=1S/C18H28N2O4S2/c1-3-15(2)16-4-6-17(7-5-16)26(23,24)20-10-8-19(9-11-20)18(22)14-25-13-12-21/h4-7,15,21H,3,8-14H2,1-2H3/t15-/m0/s1. The fourth-order valence-electron chi connectivity index (χ4n) is 2.85. The van der Waals surface area contributed by atoms with E-state index >= 15 is 0 Å².